The Hall–Kier alpha value is -1.66. The fourth-order valence-electron chi connectivity index (χ4n) is 1.84. The third-order valence-electron chi connectivity index (χ3n) is 2.71. The van der Waals surface area contributed by atoms with Gasteiger partial charge in [0.15, 0.2) is 0 Å². The van der Waals surface area contributed by atoms with Gasteiger partial charge in [0.25, 0.3) is 0 Å². The standard InChI is InChI=1S/C13H10BrN3OS/c1-7-16-6-10(19-7)12-11(13(15)18-17-12)8-2-4-9(14)5-3-8/h2-6H,15H2,1H3. The number of rotatable bonds is 2. The second kappa shape index (κ2) is 4.79. The largest absolute Gasteiger partial charge is 0.367 e. The molecule has 0 aliphatic rings. The van der Waals surface area contributed by atoms with Crippen molar-refractivity contribution in [3.8, 4) is 21.7 Å². The van der Waals surface area contributed by atoms with Gasteiger partial charge in [-0.05, 0) is 24.6 Å². The Morgan fingerprint density at radius 3 is 2.63 bits per heavy atom. The maximum atomic E-state index is 5.90. The summed E-state index contributed by atoms with van der Waals surface area (Å²) in [6.45, 7) is 1.96. The van der Waals surface area contributed by atoms with Crippen LogP contribution in [0.4, 0.5) is 5.88 Å². The maximum absolute atomic E-state index is 5.90. The molecular weight excluding hydrogens is 326 g/mol. The molecule has 0 saturated carbocycles. The number of hydrogen-bond donors (Lipinski definition) is 1. The lowest BCUT2D eigenvalue weighted by molar-refractivity contribution is 0.439. The molecule has 0 unspecified atom stereocenters. The lowest BCUT2D eigenvalue weighted by atomic mass is 10.1. The van der Waals surface area contributed by atoms with Gasteiger partial charge >= 0.3 is 0 Å². The first-order valence-electron chi connectivity index (χ1n) is 5.59. The van der Waals surface area contributed by atoms with Crippen LogP contribution in [0.1, 0.15) is 5.01 Å². The Balaban J connectivity index is 2.16. The van der Waals surface area contributed by atoms with E-state index in [1.165, 1.54) is 0 Å². The Kier molecular flexibility index (Phi) is 3.12. The molecule has 2 aromatic heterocycles. The zero-order valence-electron chi connectivity index (χ0n) is 10.1. The first kappa shape index (κ1) is 12.4. The molecule has 3 aromatic rings. The first-order chi connectivity index (χ1) is 9.15. The normalized spacial score (nSPS) is 10.8. The van der Waals surface area contributed by atoms with Crippen LogP contribution in [0.15, 0.2) is 39.5 Å². The summed E-state index contributed by atoms with van der Waals surface area (Å²) in [4.78, 5) is 5.19. The number of thiazole rings is 1. The molecule has 0 fully saturated rings. The van der Waals surface area contributed by atoms with E-state index in [4.69, 9.17) is 10.3 Å². The molecule has 0 amide bonds. The molecule has 6 heteroatoms. The van der Waals surface area contributed by atoms with Crippen molar-refractivity contribution in [1.82, 2.24) is 10.1 Å². The summed E-state index contributed by atoms with van der Waals surface area (Å²) >= 11 is 4.98. The molecule has 0 spiro atoms. The number of nitrogens with zero attached hydrogens (tertiary/aromatic N) is 2. The Labute approximate surface area is 122 Å². The van der Waals surface area contributed by atoms with Crippen molar-refractivity contribution in [2.45, 2.75) is 6.92 Å². The van der Waals surface area contributed by atoms with Gasteiger partial charge in [0.2, 0.25) is 5.88 Å². The fraction of sp³-hybridized carbons (Fsp3) is 0.0769. The van der Waals surface area contributed by atoms with E-state index in [9.17, 15) is 0 Å². The molecule has 2 N–H and O–H groups in total. The zero-order chi connectivity index (χ0) is 13.4. The minimum atomic E-state index is 0.323. The third kappa shape index (κ3) is 2.29. The molecule has 0 atom stereocenters. The van der Waals surface area contributed by atoms with Crippen molar-refractivity contribution in [1.29, 1.82) is 0 Å². The number of nitrogen functional groups attached to an aromatic ring is 1. The van der Waals surface area contributed by atoms with E-state index in [1.54, 1.807) is 17.5 Å². The number of aryl methyl sites for hydroxylation is 1. The molecule has 1 aromatic carbocycles. The summed E-state index contributed by atoms with van der Waals surface area (Å²) < 4.78 is 6.15. The van der Waals surface area contributed by atoms with Crippen molar-refractivity contribution in [2.24, 2.45) is 0 Å². The molecule has 3 rings (SSSR count). The highest BCUT2D eigenvalue weighted by molar-refractivity contribution is 9.10. The van der Waals surface area contributed by atoms with E-state index in [1.807, 2.05) is 31.2 Å². The number of halogens is 1. The summed E-state index contributed by atoms with van der Waals surface area (Å²) in [7, 11) is 0. The van der Waals surface area contributed by atoms with Gasteiger partial charge in [-0.25, -0.2) is 4.98 Å². The SMILES string of the molecule is Cc1ncc(-c2noc(N)c2-c2ccc(Br)cc2)s1. The molecule has 2 heterocycles. The predicted molar refractivity (Wildman–Crippen MR) is 79.9 cm³/mol. The van der Waals surface area contributed by atoms with Crippen LogP contribution in [0.25, 0.3) is 21.7 Å². The number of anilines is 1. The smallest absolute Gasteiger partial charge is 0.230 e. The van der Waals surface area contributed by atoms with E-state index < -0.39 is 0 Å². The number of nitrogens with two attached hydrogens (primary N) is 1. The van der Waals surface area contributed by atoms with E-state index in [0.717, 1.165) is 31.2 Å². The lowest BCUT2D eigenvalue weighted by Gasteiger charge is -2.01. The minimum absolute atomic E-state index is 0.323. The van der Waals surface area contributed by atoms with Crippen LogP contribution < -0.4 is 5.73 Å². The minimum Gasteiger partial charge on any atom is -0.367 e. The van der Waals surface area contributed by atoms with Crippen LogP contribution in [0.3, 0.4) is 0 Å². The summed E-state index contributed by atoms with van der Waals surface area (Å²) in [6, 6.07) is 7.88. The van der Waals surface area contributed by atoms with Crippen molar-refractivity contribution in [3.63, 3.8) is 0 Å². The predicted octanol–water partition coefficient (Wildman–Crippen LogP) is 4.12. The van der Waals surface area contributed by atoms with Gasteiger partial charge < -0.3 is 10.3 Å². The molecule has 4 nitrogen and oxygen atoms in total. The van der Waals surface area contributed by atoms with E-state index in [-0.39, 0.29) is 0 Å². The van der Waals surface area contributed by atoms with Crippen molar-refractivity contribution < 1.29 is 4.52 Å². The lowest BCUT2D eigenvalue weighted by Crippen LogP contribution is -1.86. The van der Waals surface area contributed by atoms with Gasteiger partial charge in [0.1, 0.15) is 5.69 Å². The molecule has 19 heavy (non-hydrogen) atoms. The monoisotopic (exact) mass is 335 g/mol. The summed E-state index contributed by atoms with van der Waals surface area (Å²) in [5.41, 5.74) is 8.43. The zero-order valence-corrected chi connectivity index (χ0v) is 12.5. The molecule has 0 aliphatic carbocycles. The van der Waals surface area contributed by atoms with Gasteiger partial charge in [-0.1, -0.05) is 33.2 Å². The fourth-order valence-corrected chi connectivity index (χ4v) is 2.87. The Bertz CT molecular complexity index is 718. The Morgan fingerprint density at radius 1 is 1.26 bits per heavy atom. The maximum Gasteiger partial charge on any atom is 0.230 e. The number of aromatic nitrogens is 2. The average Bonchev–Trinajstić information content (AvgIpc) is 2.97. The van der Waals surface area contributed by atoms with E-state index >= 15 is 0 Å². The van der Waals surface area contributed by atoms with Gasteiger partial charge in [0.05, 0.1) is 15.4 Å². The van der Waals surface area contributed by atoms with Gasteiger partial charge in [-0.3, -0.25) is 0 Å². The van der Waals surface area contributed by atoms with Crippen LogP contribution in [-0.2, 0) is 0 Å². The van der Waals surface area contributed by atoms with Gasteiger partial charge in [0, 0.05) is 10.7 Å². The van der Waals surface area contributed by atoms with Crippen LogP contribution >= 0.6 is 27.3 Å². The second-order valence-corrected chi connectivity index (χ2v) is 6.17. The highest BCUT2D eigenvalue weighted by Crippen LogP contribution is 2.38. The molecule has 0 saturated heterocycles. The van der Waals surface area contributed by atoms with Crippen LogP contribution in [0.5, 0.6) is 0 Å². The molecule has 0 aliphatic heterocycles. The van der Waals surface area contributed by atoms with Crippen LogP contribution in [-0.4, -0.2) is 10.1 Å². The molecule has 96 valence electrons. The summed E-state index contributed by atoms with van der Waals surface area (Å²) in [6.07, 6.45) is 1.79. The highest BCUT2D eigenvalue weighted by Gasteiger charge is 2.18. The van der Waals surface area contributed by atoms with E-state index in [2.05, 4.69) is 26.1 Å². The van der Waals surface area contributed by atoms with Gasteiger partial charge in [-0.15, -0.1) is 11.3 Å². The van der Waals surface area contributed by atoms with E-state index in [0.29, 0.717) is 5.88 Å². The summed E-state index contributed by atoms with van der Waals surface area (Å²) in [5, 5.41) is 5.04. The molecular formula is C13H10BrN3OS. The van der Waals surface area contributed by atoms with Crippen LogP contribution in [0.2, 0.25) is 0 Å². The summed E-state index contributed by atoms with van der Waals surface area (Å²) in [5.74, 6) is 0.323. The first-order valence-corrected chi connectivity index (χ1v) is 7.20. The number of hydrogen-bond acceptors (Lipinski definition) is 5. The van der Waals surface area contributed by atoms with Crippen molar-refractivity contribution >= 4 is 33.2 Å². The Morgan fingerprint density at radius 2 is 2.00 bits per heavy atom. The topological polar surface area (TPSA) is 64.9 Å². The molecule has 0 radical (unpaired) electrons. The van der Waals surface area contributed by atoms with Crippen molar-refractivity contribution in [2.75, 3.05) is 5.73 Å². The average molecular weight is 336 g/mol. The highest BCUT2D eigenvalue weighted by atomic mass is 79.9. The quantitative estimate of drug-likeness (QED) is 0.765. The van der Waals surface area contributed by atoms with Crippen molar-refractivity contribution in [3.05, 3.63) is 39.9 Å². The van der Waals surface area contributed by atoms with Gasteiger partial charge in [-0.2, -0.15) is 0 Å². The second-order valence-electron chi connectivity index (χ2n) is 4.02. The third-order valence-corrected chi connectivity index (χ3v) is 4.15. The molecule has 0 bridgehead atoms. The van der Waals surface area contributed by atoms with Crippen LogP contribution in [0, 0.1) is 6.92 Å². The number of benzene rings is 1.